The molecule has 2 heterocycles. The predicted molar refractivity (Wildman–Crippen MR) is 90.9 cm³/mol. The molecule has 0 spiro atoms. The molecule has 0 aromatic rings. The van der Waals surface area contributed by atoms with Crippen molar-refractivity contribution in [1.82, 2.24) is 26.5 Å². The maximum absolute atomic E-state index is 13.5. The second-order valence-corrected chi connectivity index (χ2v) is 7.13. The maximum atomic E-state index is 13.5. The Morgan fingerprint density at radius 2 is 2.20 bits per heavy atom. The molecular weight excluding hydrogens is 327 g/mol. The summed E-state index contributed by atoms with van der Waals surface area (Å²) < 4.78 is 13.5. The molecule has 25 heavy (non-hydrogen) atoms. The molecule has 140 valence electrons. The standard InChI is InChI=1S/C16H27FN6O2/c1-23-14(24)6-5-13(22-23)15(25)19-16-18-9-12(20-21-16)8-10-3-2-4-11(17)7-10/h10-12,16,18,20-21H,2-9H2,1H3,(H,19,25). The van der Waals surface area contributed by atoms with Crippen LogP contribution in [0.4, 0.5) is 4.39 Å². The number of alkyl halides is 1. The number of amides is 2. The van der Waals surface area contributed by atoms with Gasteiger partial charge in [0.1, 0.15) is 18.2 Å². The van der Waals surface area contributed by atoms with Crippen LogP contribution in [0.5, 0.6) is 0 Å². The lowest BCUT2D eigenvalue weighted by Gasteiger charge is -2.35. The third-order valence-electron chi connectivity index (χ3n) is 5.08. The Morgan fingerprint density at radius 1 is 1.36 bits per heavy atom. The first-order valence-corrected chi connectivity index (χ1v) is 9.04. The first kappa shape index (κ1) is 18.2. The fraction of sp³-hybridized carbons (Fsp3) is 0.812. The molecule has 1 saturated heterocycles. The lowest BCUT2D eigenvalue weighted by molar-refractivity contribution is -0.130. The van der Waals surface area contributed by atoms with Crippen LogP contribution < -0.4 is 21.5 Å². The minimum absolute atomic E-state index is 0.0896. The van der Waals surface area contributed by atoms with Crippen molar-refractivity contribution in [1.29, 1.82) is 0 Å². The number of hydrogen-bond acceptors (Lipinski definition) is 6. The summed E-state index contributed by atoms with van der Waals surface area (Å²) in [7, 11) is 1.55. The topological polar surface area (TPSA) is 97.9 Å². The van der Waals surface area contributed by atoms with E-state index in [9.17, 15) is 14.0 Å². The summed E-state index contributed by atoms with van der Waals surface area (Å²) in [5, 5.41) is 11.2. The summed E-state index contributed by atoms with van der Waals surface area (Å²) in [5.41, 5.74) is 6.59. The number of carbonyl (C=O) groups is 2. The molecule has 4 unspecified atom stereocenters. The fourth-order valence-corrected chi connectivity index (χ4v) is 3.68. The molecule has 4 atom stereocenters. The number of nitrogens with one attached hydrogen (secondary N) is 4. The van der Waals surface area contributed by atoms with E-state index >= 15 is 0 Å². The number of hydrazone groups is 1. The van der Waals surface area contributed by atoms with Crippen molar-refractivity contribution in [2.45, 2.75) is 63.4 Å². The van der Waals surface area contributed by atoms with Gasteiger partial charge in [0.15, 0.2) is 0 Å². The van der Waals surface area contributed by atoms with E-state index in [1.165, 1.54) is 5.01 Å². The van der Waals surface area contributed by atoms with Crippen LogP contribution in [0, 0.1) is 5.92 Å². The van der Waals surface area contributed by atoms with E-state index in [2.05, 4.69) is 26.6 Å². The number of rotatable bonds is 4. The third kappa shape index (κ3) is 4.96. The van der Waals surface area contributed by atoms with Gasteiger partial charge in [-0.25, -0.2) is 14.8 Å². The Labute approximate surface area is 146 Å². The Morgan fingerprint density at radius 3 is 2.88 bits per heavy atom. The van der Waals surface area contributed by atoms with Gasteiger partial charge in [-0.15, -0.1) is 0 Å². The van der Waals surface area contributed by atoms with Crippen LogP contribution in [-0.4, -0.2) is 54.6 Å². The van der Waals surface area contributed by atoms with Gasteiger partial charge in [-0.05, 0) is 25.2 Å². The van der Waals surface area contributed by atoms with Gasteiger partial charge in [0, 0.05) is 32.5 Å². The minimum atomic E-state index is -0.656. The monoisotopic (exact) mass is 354 g/mol. The van der Waals surface area contributed by atoms with Gasteiger partial charge in [0.25, 0.3) is 5.91 Å². The zero-order valence-electron chi connectivity index (χ0n) is 14.6. The van der Waals surface area contributed by atoms with Crippen molar-refractivity contribution < 1.29 is 14.0 Å². The SMILES string of the molecule is CN1N=C(C(=O)NC2NCC(CC3CCCC(F)C3)NN2)CCC1=O. The highest BCUT2D eigenvalue weighted by molar-refractivity contribution is 6.39. The molecule has 3 aliphatic rings. The van der Waals surface area contributed by atoms with Crippen LogP contribution in [-0.2, 0) is 9.59 Å². The van der Waals surface area contributed by atoms with E-state index < -0.39 is 12.5 Å². The Hall–Kier alpha value is -1.58. The first-order chi connectivity index (χ1) is 12.0. The summed E-state index contributed by atoms with van der Waals surface area (Å²) in [5.74, 6) is 0.0333. The Balaban J connectivity index is 1.41. The first-order valence-electron chi connectivity index (χ1n) is 9.04. The fourth-order valence-electron chi connectivity index (χ4n) is 3.68. The predicted octanol–water partition coefficient (Wildman–Crippen LogP) is -0.0212. The molecule has 3 rings (SSSR count). The second kappa shape index (κ2) is 8.20. The number of hydrogen-bond donors (Lipinski definition) is 4. The molecule has 1 aliphatic carbocycles. The average Bonchev–Trinajstić information content (AvgIpc) is 2.59. The second-order valence-electron chi connectivity index (χ2n) is 7.13. The Bertz CT molecular complexity index is 535. The third-order valence-corrected chi connectivity index (χ3v) is 5.08. The number of halogens is 1. The molecule has 1 saturated carbocycles. The number of hydrazine groups is 1. The molecule has 0 aromatic carbocycles. The van der Waals surface area contributed by atoms with Crippen molar-refractivity contribution >= 4 is 17.5 Å². The normalized spacial score (nSPS) is 33.8. The van der Waals surface area contributed by atoms with Gasteiger partial charge in [-0.1, -0.05) is 12.8 Å². The molecule has 0 aromatic heterocycles. The summed E-state index contributed by atoms with van der Waals surface area (Å²) in [6.45, 7) is 0.691. The van der Waals surface area contributed by atoms with Gasteiger partial charge in [-0.3, -0.25) is 20.3 Å². The van der Waals surface area contributed by atoms with Crippen molar-refractivity contribution in [2.24, 2.45) is 11.0 Å². The van der Waals surface area contributed by atoms with E-state index in [1.807, 2.05) is 0 Å². The highest BCUT2D eigenvalue weighted by atomic mass is 19.1. The van der Waals surface area contributed by atoms with Crippen LogP contribution in [0.25, 0.3) is 0 Å². The summed E-state index contributed by atoms with van der Waals surface area (Å²) in [6, 6.07) is 0.208. The van der Waals surface area contributed by atoms with E-state index in [0.717, 1.165) is 19.3 Å². The van der Waals surface area contributed by atoms with Gasteiger partial charge in [0.05, 0.1) is 0 Å². The minimum Gasteiger partial charge on any atom is -0.322 e. The van der Waals surface area contributed by atoms with Crippen LogP contribution in [0.3, 0.4) is 0 Å². The van der Waals surface area contributed by atoms with Crippen LogP contribution in [0.15, 0.2) is 5.10 Å². The van der Waals surface area contributed by atoms with Crippen LogP contribution in [0.2, 0.25) is 0 Å². The van der Waals surface area contributed by atoms with E-state index in [-0.39, 0.29) is 17.9 Å². The largest absolute Gasteiger partial charge is 0.322 e. The lowest BCUT2D eigenvalue weighted by atomic mass is 9.84. The average molecular weight is 354 g/mol. The van der Waals surface area contributed by atoms with Gasteiger partial charge in [0.2, 0.25) is 5.91 Å². The molecule has 9 heteroatoms. The van der Waals surface area contributed by atoms with Crippen molar-refractivity contribution in [3.05, 3.63) is 0 Å². The van der Waals surface area contributed by atoms with Crippen LogP contribution >= 0.6 is 0 Å². The quantitative estimate of drug-likeness (QED) is 0.569. The maximum Gasteiger partial charge on any atom is 0.269 e. The zero-order valence-corrected chi connectivity index (χ0v) is 14.6. The molecule has 2 aliphatic heterocycles. The van der Waals surface area contributed by atoms with Gasteiger partial charge >= 0.3 is 0 Å². The van der Waals surface area contributed by atoms with Crippen molar-refractivity contribution in [3.8, 4) is 0 Å². The van der Waals surface area contributed by atoms with Crippen molar-refractivity contribution in [2.75, 3.05) is 13.6 Å². The summed E-state index contributed by atoms with van der Waals surface area (Å²) in [4.78, 5) is 23.6. The van der Waals surface area contributed by atoms with Gasteiger partial charge in [-0.2, -0.15) is 5.10 Å². The number of nitrogens with zero attached hydrogens (tertiary/aromatic N) is 2. The van der Waals surface area contributed by atoms with Gasteiger partial charge < -0.3 is 5.32 Å². The molecule has 2 amide bonds. The Kier molecular flexibility index (Phi) is 5.98. The molecule has 0 radical (unpaired) electrons. The summed E-state index contributed by atoms with van der Waals surface area (Å²) in [6.07, 6.45) is 3.91. The van der Waals surface area contributed by atoms with E-state index in [4.69, 9.17) is 0 Å². The molecule has 4 N–H and O–H groups in total. The zero-order chi connectivity index (χ0) is 17.8. The van der Waals surface area contributed by atoms with E-state index in [1.54, 1.807) is 7.05 Å². The molecule has 8 nitrogen and oxygen atoms in total. The van der Waals surface area contributed by atoms with Crippen molar-refractivity contribution in [3.63, 3.8) is 0 Å². The molecular formula is C16H27FN6O2. The molecule has 0 bridgehead atoms. The highest BCUT2D eigenvalue weighted by Gasteiger charge is 2.28. The van der Waals surface area contributed by atoms with E-state index in [0.29, 0.717) is 43.9 Å². The highest BCUT2D eigenvalue weighted by Crippen LogP contribution is 2.29. The lowest BCUT2D eigenvalue weighted by Crippen LogP contribution is -2.68. The summed E-state index contributed by atoms with van der Waals surface area (Å²) >= 11 is 0. The van der Waals surface area contributed by atoms with Crippen LogP contribution in [0.1, 0.15) is 44.9 Å². The molecule has 2 fully saturated rings. The smallest absolute Gasteiger partial charge is 0.269 e. The number of carbonyl (C=O) groups excluding carboxylic acids is 2.